The normalized spacial score (nSPS) is 10.7. The molecule has 0 amide bonds. The maximum atomic E-state index is 12.8. The van der Waals surface area contributed by atoms with Crippen LogP contribution in [0.4, 0.5) is 4.39 Å². The van der Waals surface area contributed by atoms with Crippen molar-refractivity contribution in [2.45, 2.75) is 6.54 Å². The molecule has 0 aromatic heterocycles. The van der Waals surface area contributed by atoms with Crippen LogP contribution in [0.3, 0.4) is 0 Å². The molecule has 0 heterocycles. The van der Waals surface area contributed by atoms with E-state index >= 15 is 0 Å². The molecule has 2 aromatic carbocycles. The van der Waals surface area contributed by atoms with Crippen LogP contribution < -0.4 is 4.74 Å². The van der Waals surface area contributed by atoms with Gasteiger partial charge in [-0.3, -0.25) is 9.69 Å². The molecule has 4 heteroatoms. The third-order valence-corrected chi connectivity index (χ3v) is 3.17. The molecule has 3 nitrogen and oxygen atoms in total. The highest BCUT2D eigenvalue weighted by Gasteiger charge is 2.10. The van der Waals surface area contributed by atoms with E-state index in [0.29, 0.717) is 24.4 Å². The number of rotatable bonds is 6. The quantitative estimate of drug-likeness (QED) is 0.764. The summed E-state index contributed by atoms with van der Waals surface area (Å²) in [7, 11) is 3.44. The van der Waals surface area contributed by atoms with E-state index in [9.17, 15) is 9.18 Å². The third kappa shape index (κ3) is 4.39. The number of nitrogens with zero attached hydrogens (tertiary/aromatic N) is 1. The number of methoxy groups -OCH3 is 1. The van der Waals surface area contributed by atoms with Crippen molar-refractivity contribution in [2.24, 2.45) is 0 Å². The fraction of sp³-hybridized carbons (Fsp3) is 0.235. The van der Waals surface area contributed by atoms with Crippen molar-refractivity contribution >= 4 is 5.78 Å². The zero-order valence-corrected chi connectivity index (χ0v) is 12.2. The molecule has 110 valence electrons. The first-order valence-corrected chi connectivity index (χ1v) is 6.68. The van der Waals surface area contributed by atoms with Gasteiger partial charge in [0.2, 0.25) is 0 Å². The average Bonchev–Trinajstić information content (AvgIpc) is 2.49. The van der Waals surface area contributed by atoms with Crippen molar-refractivity contribution in [1.29, 1.82) is 0 Å². The summed E-state index contributed by atoms with van der Waals surface area (Å²) < 4.78 is 18.0. The minimum atomic E-state index is -0.256. The maximum Gasteiger partial charge on any atom is 0.176 e. The van der Waals surface area contributed by atoms with Gasteiger partial charge in [0.05, 0.1) is 13.7 Å². The van der Waals surface area contributed by atoms with Gasteiger partial charge in [0.15, 0.2) is 5.78 Å². The fourth-order valence-electron chi connectivity index (χ4n) is 2.09. The smallest absolute Gasteiger partial charge is 0.176 e. The lowest BCUT2D eigenvalue weighted by atomic mass is 10.1. The van der Waals surface area contributed by atoms with Crippen molar-refractivity contribution in [3.63, 3.8) is 0 Å². The molecule has 0 aliphatic rings. The summed E-state index contributed by atoms with van der Waals surface area (Å²) in [5.74, 6) is 0.439. The molecule has 0 saturated carbocycles. The van der Waals surface area contributed by atoms with Crippen molar-refractivity contribution in [2.75, 3.05) is 20.7 Å². The molecule has 21 heavy (non-hydrogen) atoms. The summed E-state index contributed by atoms with van der Waals surface area (Å²) in [6.45, 7) is 0.889. The number of ketones is 1. The molecule has 2 rings (SSSR count). The Kier molecular flexibility index (Phi) is 5.06. The Morgan fingerprint density at radius 1 is 1.19 bits per heavy atom. The van der Waals surface area contributed by atoms with Gasteiger partial charge in [-0.15, -0.1) is 0 Å². The second-order valence-electron chi connectivity index (χ2n) is 4.95. The first-order valence-electron chi connectivity index (χ1n) is 6.68. The van der Waals surface area contributed by atoms with Crippen molar-refractivity contribution in [1.82, 2.24) is 4.90 Å². The molecular weight excluding hydrogens is 269 g/mol. The summed E-state index contributed by atoms with van der Waals surface area (Å²) in [4.78, 5) is 14.1. The number of hydrogen-bond acceptors (Lipinski definition) is 3. The van der Waals surface area contributed by atoms with E-state index in [4.69, 9.17) is 4.74 Å². The van der Waals surface area contributed by atoms with E-state index in [1.165, 1.54) is 12.1 Å². The number of likely N-dealkylation sites (N-methyl/N-ethyl adjacent to an activating group) is 1. The fourth-order valence-corrected chi connectivity index (χ4v) is 2.09. The number of benzene rings is 2. The van der Waals surface area contributed by atoms with Gasteiger partial charge in [-0.05, 0) is 36.9 Å². The Balaban J connectivity index is 1.96. The SMILES string of the molecule is COc1cccc(C(=O)CN(C)Cc2ccc(F)cc2)c1. The number of hydrogen-bond donors (Lipinski definition) is 0. The first kappa shape index (κ1) is 15.2. The molecule has 0 N–H and O–H groups in total. The van der Waals surface area contributed by atoms with Gasteiger partial charge in [-0.25, -0.2) is 4.39 Å². The molecule has 0 radical (unpaired) electrons. The largest absolute Gasteiger partial charge is 0.497 e. The first-order chi connectivity index (χ1) is 10.1. The lowest BCUT2D eigenvalue weighted by Gasteiger charge is -2.16. The number of ether oxygens (including phenoxy) is 1. The average molecular weight is 287 g/mol. The van der Waals surface area contributed by atoms with Crippen LogP contribution in [0.5, 0.6) is 5.75 Å². The van der Waals surface area contributed by atoms with E-state index in [2.05, 4.69) is 0 Å². The summed E-state index contributed by atoms with van der Waals surface area (Å²) in [5, 5.41) is 0. The summed E-state index contributed by atoms with van der Waals surface area (Å²) in [6.07, 6.45) is 0. The van der Waals surface area contributed by atoms with Crippen molar-refractivity contribution in [3.8, 4) is 5.75 Å². The van der Waals surface area contributed by atoms with E-state index in [-0.39, 0.29) is 11.6 Å². The second-order valence-corrected chi connectivity index (χ2v) is 4.95. The van der Waals surface area contributed by atoms with E-state index < -0.39 is 0 Å². The van der Waals surface area contributed by atoms with Gasteiger partial charge in [0.1, 0.15) is 11.6 Å². The minimum Gasteiger partial charge on any atom is -0.497 e. The zero-order valence-electron chi connectivity index (χ0n) is 12.2. The topological polar surface area (TPSA) is 29.5 Å². The molecule has 0 atom stereocenters. The number of halogens is 1. The van der Waals surface area contributed by atoms with Crippen molar-refractivity contribution < 1.29 is 13.9 Å². The van der Waals surface area contributed by atoms with E-state index in [0.717, 1.165) is 5.56 Å². The Bertz CT molecular complexity index is 610. The highest BCUT2D eigenvalue weighted by Crippen LogP contribution is 2.14. The van der Waals surface area contributed by atoms with Gasteiger partial charge in [0.25, 0.3) is 0 Å². The second kappa shape index (κ2) is 6.99. The van der Waals surface area contributed by atoms with Crippen LogP contribution in [0.15, 0.2) is 48.5 Å². The summed E-state index contributed by atoms with van der Waals surface area (Å²) in [6, 6.07) is 13.4. The zero-order chi connectivity index (χ0) is 15.2. The van der Waals surface area contributed by atoms with Gasteiger partial charge in [-0.1, -0.05) is 24.3 Å². The number of Topliss-reactive ketones (excluding diaryl/α,β-unsaturated/α-hetero) is 1. The molecule has 0 unspecified atom stereocenters. The standard InChI is InChI=1S/C17H18FNO2/c1-19(11-13-6-8-15(18)9-7-13)12-17(20)14-4-3-5-16(10-14)21-2/h3-10H,11-12H2,1-2H3. The number of carbonyl (C=O) groups excluding carboxylic acids is 1. The molecule has 0 saturated heterocycles. The van der Waals surface area contributed by atoms with Crippen LogP contribution in [0.2, 0.25) is 0 Å². The monoisotopic (exact) mass is 287 g/mol. The van der Waals surface area contributed by atoms with Crippen LogP contribution in [0, 0.1) is 5.82 Å². The Morgan fingerprint density at radius 3 is 2.57 bits per heavy atom. The molecule has 0 aliphatic carbocycles. The molecule has 0 bridgehead atoms. The van der Waals surface area contributed by atoms with Gasteiger partial charge >= 0.3 is 0 Å². The molecule has 0 fully saturated rings. The van der Waals surface area contributed by atoms with Gasteiger partial charge in [-0.2, -0.15) is 0 Å². The Hall–Kier alpha value is -2.20. The van der Waals surface area contributed by atoms with Crippen LogP contribution >= 0.6 is 0 Å². The molecule has 0 spiro atoms. The Labute approximate surface area is 124 Å². The van der Waals surface area contributed by atoms with Crippen molar-refractivity contribution in [3.05, 3.63) is 65.5 Å². The summed E-state index contributed by atoms with van der Waals surface area (Å²) >= 11 is 0. The molecule has 2 aromatic rings. The third-order valence-electron chi connectivity index (χ3n) is 3.17. The van der Waals surface area contributed by atoms with Gasteiger partial charge < -0.3 is 4.74 Å². The van der Waals surface area contributed by atoms with Crippen LogP contribution in [-0.2, 0) is 6.54 Å². The summed E-state index contributed by atoms with van der Waals surface area (Å²) in [5.41, 5.74) is 1.60. The van der Waals surface area contributed by atoms with Crippen LogP contribution in [0.1, 0.15) is 15.9 Å². The highest BCUT2D eigenvalue weighted by molar-refractivity contribution is 5.97. The van der Waals surface area contributed by atoms with E-state index in [1.807, 2.05) is 11.9 Å². The predicted octanol–water partition coefficient (Wildman–Crippen LogP) is 3.15. The highest BCUT2D eigenvalue weighted by atomic mass is 19.1. The maximum absolute atomic E-state index is 12.8. The molecule has 0 aliphatic heterocycles. The van der Waals surface area contributed by atoms with Crippen LogP contribution in [0.25, 0.3) is 0 Å². The lowest BCUT2D eigenvalue weighted by Crippen LogP contribution is -2.25. The Morgan fingerprint density at radius 2 is 1.90 bits per heavy atom. The minimum absolute atomic E-state index is 0.0264. The molecular formula is C17H18FNO2. The lowest BCUT2D eigenvalue weighted by molar-refractivity contribution is 0.0942. The van der Waals surface area contributed by atoms with Gasteiger partial charge in [0, 0.05) is 12.1 Å². The number of carbonyl (C=O) groups is 1. The van der Waals surface area contributed by atoms with Crippen LogP contribution in [-0.4, -0.2) is 31.4 Å². The predicted molar refractivity (Wildman–Crippen MR) is 80.1 cm³/mol. The van der Waals surface area contributed by atoms with E-state index in [1.54, 1.807) is 43.5 Å².